The second kappa shape index (κ2) is 5.62. The number of halogens is 3. The van der Waals surface area contributed by atoms with E-state index in [1.165, 1.54) is 0 Å². The van der Waals surface area contributed by atoms with Crippen LogP contribution in [0.5, 0.6) is 0 Å². The number of hydrogen-bond acceptors (Lipinski definition) is 1. The molecule has 2 aromatic rings. The molecule has 106 valence electrons. The highest BCUT2D eigenvalue weighted by Gasteiger charge is 2.53. The summed E-state index contributed by atoms with van der Waals surface area (Å²) in [5, 5.41) is 10.4. The molecule has 20 heavy (non-hydrogen) atoms. The third-order valence-electron chi connectivity index (χ3n) is 3.40. The van der Waals surface area contributed by atoms with Gasteiger partial charge >= 0.3 is 4.83 Å². The Balaban J connectivity index is 2.57. The molecule has 4 heteroatoms. The predicted octanol–water partition coefficient (Wildman–Crippen LogP) is 4.56. The van der Waals surface area contributed by atoms with Gasteiger partial charge in [0, 0.05) is 5.92 Å². The van der Waals surface area contributed by atoms with Crippen molar-refractivity contribution in [2.45, 2.75) is 23.3 Å². The van der Waals surface area contributed by atoms with E-state index in [9.17, 15) is 13.9 Å². The molecule has 0 bridgehead atoms. The van der Waals surface area contributed by atoms with Gasteiger partial charge in [-0.3, -0.25) is 0 Å². The summed E-state index contributed by atoms with van der Waals surface area (Å²) < 4.78 is 27.6. The molecule has 1 atom stereocenters. The first kappa shape index (κ1) is 15.1. The molecular weight excluding hydrogens is 326 g/mol. The number of aliphatic hydroxyl groups is 1. The fourth-order valence-corrected chi connectivity index (χ4v) is 2.53. The number of hydrogen-bond donors (Lipinski definition) is 1. The van der Waals surface area contributed by atoms with Crippen LogP contribution >= 0.6 is 15.9 Å². The van der Waals surface area contributed by atoms with E-state index >= 15 is 0 Å². The van der Waals surface area contributed by atoms with Gasteiger partial charge < -0.3 is 5.11 Å². The Kier molecular flexibility index (Phi) is 4.25. The summed E-state index contributed by atoms with van der Waals surface area (Å²) in [7, 11) is 0. The number of alkyl halides is 3. The van der Waals surface area contributed by atoms with Crippen LogP contribution in [0, 0.1) is 0 Å². The lowest BCUT2D eigenvalue weighted by Gasteiger charge is -2.36. The number of benzene rings is 2. The third kappa shape index (κ3) is 2.91. The first-order valence-corrected chi connectivity index (χ1v) is 7.02. The van der Waals surface area contributed by atoms with Crippen LogP contribution in [0.15, 0.2) is 60.7 Å². The molecule has 0 aliphatic heterocycles. The van der Waals surface area contributed by atoms with Gasteiger partial charge in [0.1, 0.15) is 5.60 Å². The highest BCUT2D eigenvalue weighted by Crippen LogP contribution is 2.46. The zero-order valence-corrected chi connectivity index (χ0v) is 12.5. The van der Waals surface area contributed by atoms with E-state index in [-0.39, 0.29) is 0 Å². The topological polar surface area (TPSA) is 20.2 Å². The van der Waals surface area contributed by atoms with Crippen molar-refractivity contribution in [2.75, 3.05) is 0 Å². The van der Waals surface area contributed by atoms with E-state index in [1.807, 2.05) is 12.1 Å². The van der Waals surface area contributed by atoms with Crippen molar-refractivity contribution >= 4 is 15.9 Å². The summed E-state index contributed by atoms with van der Waals surface area (Å²) in [6.45, 7) is 1.15. The summed E-state index contributed by atoms with van der Waals surface area (Å²) in [5.74, 6) is -0.834. The fourth-order valence-electron chi connectivity index (χ4n) is 2.30. The Hall–Kier alpha value is -1.26. The molecule has 0 fully saturated rings. The van der Waals surface area contributed by atoms with Crippen molar-refractivity contribution in [2.24, 2.45) is 0 Å². The summed E-state index contributed by atoms with van der Waals surface area (Å²) in [5.41, 5.74) is -0.971. The predicted molar refractivity (Wildman–Crippen MR) is 79.2 cm³/mol. The van der Waals surface area contributed by atoms with Crippen LogP contribution in [0.4, 0.5) is 8.78 Å². The first-order chi connectivity index (χ1) is 9.34. The molecule has 0 spiro atoms. The van der Waals surface area contributed by atoms with E-state index in [1.54, 1.807) is 48.5 Å². The maximum atomic E-state index is 13.8. The second-order valence-corrected chi connectivity index (χ2v) is 5.90. The molecule has 0 radical (unpaired) electrons. The maximum absolute atomic E-state index is 13.8. The Morgan fingerprint density at radius 3 is 1.55 bits per heavy atom. The van der Waals surface area contributed by atoms with Crippen LogP contribution in [0.25, 0.3) is 0 Å². The molecule has 0 amide bonds. The van der Waals surface area contributed by atoms with Crippen LogP contribution in [0.2, 0.25) is 0 Å². The molecule has 1 nitrogen and oxygen atoms in total. The first-order valence-electron chi connectivity index (χ1n) is 6.23. The smallest absolute Gasteiger partial charge is 0.330 e. The molecule has 0 aliphatic carbocycles. The van der Waals surface area contributed by atoms with E-state index in [0.29, 0.717) is 11.1 Å². The average molecular weight is 341 g/mol. The molecule has 0 aromatic heterocycles. The molecule has 2 aromatic carbocycles. The SMILES string of the molecule is CC(O)(C(c1ccccc1)c1ccccc1)C(F)(F)Br. The van der Waals surface area contributed by atoms with Crippen LogP contribution < -0.4 is 0 Å². The zero-order valence-electron chi connectivity index (χ0n) is 10.9. The normalized spacial score (nSPS) is 15.1. The van der Waals surface area contributed by atoms with Crippen LogP contribution in [-0.2, 0) is 0 Å². The molecule has 0 heterocycles. The van der Waals surface area contributed by atoms with Crippen molar-refractivity contribution in [3.8, 4) is 0 Å². The third-order valence-corrected chi connectivity index (χ3v) is 4.20. The maximum Gasteiger partial charge on any atom is 0.330 e. The highest BCUT2D eigenvalue weighted by atomic mass is 79.9. The van der Waals surface area contributed by atoms with E-state index in [4.69, 9.17) is 0 Å². The van der Waals surface area contributed by atoms with Gasteiger partial charge in [-0.05, 0) is 34.0 Å². The van der Waals surface area contributed by atoms with Gasteiger partial charge in [0.2, 0.25) is 0 Å². The van der Waals surface area contributed by atoms with Crippen LogP contribution in [0.1, 0.15) is 24.0 Å². The summed E-state index contributed by atoms with van der Waals surface area (Å²) in [4.78, 5) is -3.41. The van der Waals surface area contributed by atoms with Gasteiger partial charge in [-0.15, -0.1) is 0 Å². The Labute approximate surface area is 125 Å². The van der Waals surface area contributed by atoms with Crippen molar-refractivity contribution < 1.29 is 13.9 Å². The van der Waals surface area contributed by atoms with Gasteiger partial charge in [0.05, 0.1) is 0 Å². The lowest BCUT2D eigenvalue weighted by atomic mass is 9.78. The molecule has 1 unspecified atom stereocenters. The standard InChI is InChI=1S/C16H15BrF2O/c1-15(20,16(17,18)19)14(12-8-4-2-5-9-12)13-10-6-3-7-11-13/h2-11,14,20H,1H3. The largest absolute Gasteiger partial charge is 0.382 e. The van der Waals surface area contributed by atoms with E-state index < -0.39 is 16.4 Å². The van der Waals surface area contributed by atoms with Gasteiger partial charge in [-0.2, -0.15) is 8.78 Å². The van der Waals surface area contributed by atoms with Crippen molar-refractivity contribution in [3.05, 3.63) is 71.8 Å². The van der Waals surface area contributed by atoms with Gasteiger partial charge in [0.15, 0.2) is 0 Å². The monoisotopic (exact) mass is 340 g/mol. The molecule has 0 saturated carbocycles. The van der Waals surface area contributed by atoms with Gasteiger partial charge in [0.25, 0.3) is 0 Å². The van der Waals surface area contributed by atoms with E-state index in [0.717, 1.165) is 6.92 Å². The minimum Gasteiger partial charge on any atom is -0.382 e. The van der Waals surface area contributed by atoms with Crippen LogP contribution in [-0.4, -0.2) is 15.5 Å². The fraction of sp³-hybridized carbons (Fsp3) is 0.250. The highest BCUT2D eigenvalue weighted by molar-refractivity contribution is 9.10. The second-order valence-electron chi connectivity index (χ2n) is 4.90. The van der Waals surface area contributed by atoms with Crippen molar-refractivity contribution in [1.82, 2.24) is 0 Å². The summed E-state index contributed by atoms with van der Waals surface area (Å²) in [6, 6.07) is 17.7. The minimum atomic E-state index is -3.41. The lowest BCUT2D eigenvalue weighted by Crippen LogP contribution is -2.46. The summed E-state index contributed by atoms with van der Waals surface area (Å²) in [6.07, 6.45) is 0. The Morgan fingerprint density at radius 2 is 1.25 bits per heavy atom. The molecule has 1 N–H and O–H groups in total. The minimum absolute atomic E-state index is 0.642. The molecular formula is C16H15BrF2O. The molecule has 0 aliphatic rings. The van der Waals surface area contributed by atoms with E-state index in [2.05, 4.69) is 15.9 Å². The van der Waals surface area contributed by atoms with Crippen molar-refractivity contribution in [1.29, 1.82) is 0 Å². The Morgan fingerprint density at radius 1 is 0.900 bits per heavy atom. The summed E-state index contributed by atoms with van der Waals surface area (Å²) >= 11 is 2.31. The lowest BCUT2D eigenvalue weighted by molar-refractivity contribution is -0.112. The Bertz CT molecular complexity index is 510. The van der Waals surface area contributed by atoms with Gasteiger partial charge in [-0.25, -0.2) is 0 Å². The average Bonchev–Trinajstić information content (AvgIpc) is 2.40. The quantitative estimate of drug-likeness (QED) is 0.809. The molecule has 2 rings (SSSR count). The zero-order chi connectivity index (χ0) is 14.8. The molecule has 0 saturated heterocycles. The number of rotatable bonds is 4. The van der Waals surface area contributed by atoms with Crippen molar-refractivity contribution in [3.63, 3.8) is 0 Å². The van der Waals surface area contributed by atoms with Gasteiger partial charge in [-0.1, -0.05) is 60.7 Å². The van der Waals surface area contributed by atoms with Crippen LogP contribution in [0.3, 0.4) is 0 Å².